The van der Waals surface area contributed by atoms with E-state index >= 15 is 0 Å². The molecule has 1 unspecified atom stereocenters. The van der Waals surface area contributed by atoms with Crippen molar-refractivity contribution < 1.29 is 18.4 Å². The molecular formula is C9H19N3O4S. The highest BCUT2D eigenvalue weighted by atomic mass is 32.2. The van der Waals surface area contributed by atoms with Gasteiger partial charge in [-0.15, -0.1) is 0 Å². The Hall–Kier alpha value is -0.860. The first kappa shape index (κ1) is 14.2. The van der Waals surface area contributed by atoms with Crippen molar-refractivity contribution in [1.29, 1.82) is 0 Å². The average molecular weight is 265 g/mol. The van der Waals surface area contributed by atoms with Crippen LogP contribution in [0.4, 0.5) is 0 Å². The molecule has 0 aromatic carbocycles. The number of ether oxygens (including phenoxy) is 1. The van der Waals surface area contributed by atoms with Gasteiger partial charge in [0.05, 0.1) is 12.4 Å². The van der Waals surface area contributed by atoms with Crippen molar-refractivity contribution >= 4 is 15.7 Å². The van der Waals surface area contributed by atoms with E-state index in [1.165, 1.54) is 0 Å². The summed E-state index contributed by atoms with van der Waals surface area (Å²) in [4.78, 5) is 1.94. The largest absolute Gasteiger partial charge is 0.409 e. The average Bonchev–Trinajstić information content (AvgIpc) is 2.36. The molecule has 8 heteroatoms. The predicted molar refractivity (Wildman–Crippen MR) is 63.9 cm³/mol. The van der Waals surface area contributed by atoms with Crippen LogP contribution in [0.1, 0.15) is 6.92 Å². The van der Waals surface area contributed by atoms with Crippen LogP contribution in [0.25, 0.3) is 0 Å². The van der Waals surface area contributed by atoms with Crippen molar-refractivity contribution in [2.45, 2.75) is 13.0 Å². The Morgan fingerprint density at radius 3 is 2.94 bits per heavy atom. The van der Waals surface area contributed by atoms with Crippen LogP contribution in [0, 0.1) is 0 Å². The summed E-state index contributed by atoms with van der Waals surface area (Å²) in [6, 6.07) is 0. The number of nitrogens with zero attached hydrogens (tertiary/aromatic N) is 2. The quantitative estimate of drug-likeness (QED) is 0.282. The molecule has 1 heterocycles. The molecule has 0 spiro atoms. The summed E-state index contributed by atoms with van der Waals surface area (Å²) in [7, 11) is -2.96. The minimum absolute atomic E-state index is 0.0213. The third kappa shape index (κ3) is 4.49. The summed E-state index contributed by atoms with van der Waals surface area (Å²) in [6.07, 6.45) is -0.460. The number of rotatable bonds is 5. The second-order valence-corrected chi connectivity index (χ2v) is 6.39. The molecule has 3 N–H and O–H groups in total. The molecule has 1 rings (SSSR count). The van der Waals surface area contributed by atoms with Gasteiger partial charge in [0.15, 0.2) is 15.7 Å². The normalized spacial score (nSPS) is 23.8. The monoisotopic (exact) mass is 265 g/mol. The van der Waals surface area contributed by atoms with Crippen molar-refractivity contribution in [2.75, 3.05) is 37.7 Å². The summed E-state index contributed by atoms with van der Waals surface area (Å²) >= 11 is 0. The van der Waals surface area contributed by atoms with Gasteiger partial charge in [-0.3, -0.25) is 4.90 Å². The molecule has 0 aromatic heterocycles. The second-order valence-electron chi connectivity index (χ2n) is 3.92. The molecule has 7 nitrogen and oxygen atoms in total. The lowest BCUT2D eigenvalue weighted by Crippen LogP contribution is -2.49. The molecule has 100 valence electrons. The first-order chi connectivity index (χ1) is 7.98. The van der Waals surface area contributed by atoms with E-state index in [1.54, 1.807) is 6.92 Å². The lowest BCUT2D eigenvalue weighted by molar-refractivity contribution is 0.00714. The van der Waals surface area contributed by atoms with E-state index in [0.717, 1.165) is 0 Å². The third-order valence-corrected chi connectivity index (χ3v) is 4.44. The van der Waals surface area contributed by atoms with Crippen LogP contribution in [-0.4, -0.2) is 68.2 Å². The Bertz CT molecular complexity index is 368. The number of oxime groups is 1. The maximum absolute atomic E-state index is 11.4. The van der Waals surface area contributed by atoms with Crippen molar-refractivity contribution in [2.24, 2.45) is 10.9 Å². The van der Waals surface area contributed by atoms with Crippen molar-refractivity contribution in [3.05, 3.63) is 0 Å². The first-order valence-corrected chi connectivity index (χ1v) is 7.32. The lowest BCUT2D eigenvalue weighted by Gasteiger charge is -2.31. The van der Waals surface area contributed by atoms with Gasteiger partial charge in [-0.1, -0.05) is 12.1 Å². The molecule has 1 saturated heterocycles. The molecule has 0 aliphatic carbocycles. The number of hydrogen-bond donors (Lipinski definition) is 2. The van der Waals surface area contributed by atoms with Gasteiger partial charge in [-0.2, -0.15) is 0 Å². The van der Waals surface area contributed by atoms with E-state index in [1.807, 2.05) is 4.90 Å². The van der Waals surface area contributed by atoms with Gasteiger partial charge in [0.2, 0.25) is 0 Å². The van der Waals surface area contributed by atoms with E-state index in [0.29, 0.717) is 26.2 Å². The van der Waals surface area contributed by atoms with E-state index in [-0.39, 0.29) is 17.3 Å². The van der Waals surface area contributed by atoms with E-state index < -0.39 is 15.9 Å². The van der Waals surface area contributed by atoms with Gasteiger partial charge >= 0.3 is 0 Å². The van der Waals surface area contributed by atoms with Crippen LogP contribution in [0.3, 0.4) is 0 Å². The molecule has 0 saturated carbocycles. The Morgan fingerprint density at radius 2 is 2.35 bits per heavy atom. The highest BCUT2D eigenvalue weighted by Gasteiger charge is 2.24. The molecule has 0 amide bonds. The molecule has 1 aliphatic heterocycles. The topological polar surface area (TPSA) is 105 Å². The standard InChI is InChI=1S/C9H19N3O4S/c1-2-17(14,15)6-4-12-3-5-16-8(7-12)9(10)11-13/h8,13H,2-7H2,1H3,(H2,10,11). The maximum Gasteiger partial charge on any atom is 0.169 e. The van der Waals surface area contributed by atoms with Gasteiger partial charge in [0.1, 0.15) is 6.10 Å². The van der Waals surface area contributed by atoms with Gasteiger partial charge in [0.25, 0.3) is 0 Å². The number of hydrogen-bond acceptors (Lipinski definition) is 6. The number of sulfone groups is 1. The molecule has 0 aromatic rings. The summed E-state index contributed by atoms with van der Waals surface area (Å²) in [5.41, 5.74) is 5.45. The maximum atomic E-state index is 11.4. The van der Waals surface area contributed by atoms with Crippen molar-refractivity contribution in [3.63, 3.8) is 0 Å². The van der Waals surface area contributed by atoms with Gasteiger partial charge < -0.3 is 15.7 Å². The van der Waals surface area contributed by atoms with E-state index in [9.17, 15) is 8.42 Å². The zero-order chi connectivity index (χ0) is 12.9. The third-order valence-electron chi connectivity index (χ3n) is 2.75. The highest BCUT2D eigenvalue weighted by Crippen LogP contribution is 2.06. The second kappa shape index (κ2) is 6.18. The van der Waals surface area contributed by atoms with Crippen molar-refractivity contribution in [3.8, 4) is 0 Å². The van der Waals surface area contributed by atoms with Gasteiger partial charge in [0, 0.05) is 25.4 Å². The molecule has 17 heavy (non-hydrogen) atoms. The minimum atomic E-state index is -2.96. The summed E-state index contributed by atoms with van der Waals surface area (Å²) in [5, 5.41) is 11.4. The Kier molecular flexibility index (Phi) is 5.16. The fraction of sp³-hybridized carbons (Fsp3) is 0.889. The molecule has 0 radical (unpaired) electrons. The minimum Gasteiger partial charge on any atom is -0.409 e. The summed E-state index contributed by atoms with van der Waals surface area (Å²) in [5.74, 6) is 0.306. The van der Waals surface area contributed by atoms with Crippen LogP contribution in [0.5, 0.6) is 0 Å². The van der Waals surface area contributed by atoms with Gasteiger partial charge in [-0.05, 0) is 0 Å². The first-order valence-electron chi connectivity index (χ1n) is 5.50. The fourth-order valence-corrected chi connectivity index (χ4v) is 2.39. The van der Waals surface area contributed by atoms with Crippen LogP contribution in [-0.2, 0) is 14.6 Å². The zero-order valence-corrected chi connectivity index (χ0v) is 10.7. The number of amidine groups is 1. The number of morpholine rings is 1. The SMILES string of the molecule is CCS(=O)(=O)CCN1CCOC(/C(N)=N/O)C1. The molecule has 1 aliphatic rings. The Labute approximate surface area is 101 Å². The molecule has 1 fully saturated rings. The fourth-order valence-electron chi connectivity index (χ4n) is 1.56. The molecular weight excluding hydrogens is 246 g/mol. The van der Waals surface area contributed by atoms with E-state index in [4.69, 9.17) is 15.7 Å². The van der Waals surface area contributed by atoms with Gasteiger partial charge in [-0.25, -0.2) is 8.42 Å². The Morgan fingerprint density at radius 1 is 1.65 bits per heavy atom. The summed E-state index contributed by atoms with van der Waals surface area (Å²) < 4.78 is 28.0. The van der Waals surface area contributed by atoms with Crippen LogP contribution in [0.2, 0.25) is 0 Å². The molecule has 1 atom stereocenters. The van der Waals surface area contributed by atoms with Crippen LogP contribution in [0.15, 0.2) is 5.16 Å². The lowest BCUT2D eigenvalue weighted by atomic mass is 10.2. The summed E-state index contributed by atoms with van der Waals surface area (Å²) in [6.45, 7) is 3.65. The van der Waals surface area contributed by atoms with Crippen LogP contribution >= 0.6 is 0 Å². The Balaban J connectivity index is 2.45. The number of nitrogens with two attached hydrogens (primary N) is 1. The van der Waals surface area contributed by atoms with Crippen LogP contribution < -0.4 is 5.73 Å². The smallest absolute Gasteiger partial charge is 0.169 e. The van der Waals surface area contributed by atoms with Crippen molar-refractivity contribution in [1.82, 2.24) is 4.90 Å². The van der Waals surface area contributed by atoms with E-state index in [2.05, 4.69) is 5.16 Å². The zero-order valence-electron chi connectivity index (χ0n) is 9.87. The molecule has 0 bridgehead atoms. The highest BCUT2D eigenvalue weighted by molar-refractivity contribution is 7.91. The predicted octanol–water partition coefficient (Wildman–Crippen LogP) is -1.13.